The maximum Gasteiger partial charge on any atom is 0.318 e. The highest BCUT2D eigenvalue weighted by atomic mass is 16.6. The van der Waals surface area contributed by atoms with Gasteiger partial charge in [0.15, 0.2) is 0 Å². The number of benzene rings is 1. The third kappa shape index (κ3) is 2.09. The number of esters is 2. The minimum absolute atomic E-state index is 0.0318. The molecule has 2 aliphatic rings. The monoisotopic (exact) mass is 268 g/mol. The molecule has 3 rings (SSSR count). The summed E-state index contributed by atoms with van der Waals surface area (Å²) in [6.07, 6.45) is 6.58. The Kier molecular flexibility index (Phi) is 3.26. The van der Waals surface area contributed by atoms with E-state index in [9.17, 15) is 9.59 Å². The van der Waals surface area contributed by atoms with Gasteiger partial charge >= 0.3 is 11.9 Å². The van der Waals surface area contributed by atoms with E-state index in [0.29, 0.717) is 0 Å². The molecule has 1 saturated heterocycles. The highest BCUT2D eigenvalue weighted by Gasteiger charge is 2.55. The van der Waals surface area contributed by atoms with Gasteiger partial charge in [-0.25, -0.2) is 0 Å². The zero-order valence-corrected chi connectivity index (χ0v) is 11.1. The van der Waals surface area contributed by atoms with Crippen molar-refractivity contribution in [2.45, 2.75) is 6.42 Å². The predicted molar refractivity (Wildman–Crippen MR) is 75.3 cm³/mol. The van der Waals surface area contributed by atoms with Crippen molar-refractivity contribution in [2.75, 3.05) is 0 Å². The van der Waals surface area contributed by atoms with E-state index in [4.69, 9.17) is 4.74 Å². The molecule has 1 aromatic rings. The standard InChI is InChI=1S/C17H16O3/c1-2-12-10-13(9-8-11-6-4-3-5-7-11)15-14(12)16(18)20-17(15)19/h2-9,12-15H,1,10H2/b9-8+/t12?,13?,14-,15?/m0/s1. The lowest BCUT2D eigenvalue weighted by Crippen LogP contribution is -2.19. The first-order valence-electron chi connectivity index (χ1n) is 6.82. The lowest BCUT2D eigenvalue weighted by molar-refractivity contribution is -0.154. The summed E-state index contributed by atoms with van der Waals surface area (Å²) >= 11 is 0. The molecule has 0 amide bonds. The molecule has 0 radical (unpaired) electrons. The van der Waals surface area contributed by atoms with E-state index in [-0.39, 0.29) is 35.6 Å². The summed E-state index contributed by atoms with van der Waals surface area (Å²) in [7, 11) is 0. The Balaban J connectivity index is 1.84. The van der Waals surface area contributed by atoms with Crippen molar-refractivity contribution in [3.05, 3.63) is 54.6 Å². The van der Waals surface area contributed by atoms with Gasteiger partial charge in [0, 0.05) is 0 Å². The fourth-order valence-corrected chi connectivity index (χ4v) is 3.26. The molecule has 1 aliphatic heterocycles. The number of hydrogen-bond donors (Lipinski definition) is 0. The van der Waals surface area contributed by atoms with E-state index < -0.39 is 0 Å². The molecule has 0 aromatic heterocycles. The summed E-state index contributed by atoms with van der Waals surface area (Å²) in [4.78, 5) is 23.6. The molecule has 102 valence electrons. The number of carbonyl (C=O) groups is 2. The molecule has 3 nitrogen and oxygen atoms in total. The van der Waals surface area contributed by atoms with Gasteiger partial charge in [0.25, 0.3) is 0 Å². The summed E-state index contributed by atoms with van der Waals surface area (Å²) in [6, 6.07) is 9.91. The normalized spacial score (nSPS) is 32.4. The first-order valence-corrected chi connectivity index (χ1v) is 6.82. The number of allylic oxidation sites excluding steroid dienone is 2. The zero-order chi connectivity index (χ0) is 14.1. The van der Waals surface area contributed by atoms with Crippen LogP contribution in [0.5, 0.6) is 0 Å². The van der Waals surface area contributed by atoms with Gasteiger partial charge in [-0.3, -0.25) is 9.59 Å². The second-order valence-corrected chi connectivity index (χ2v) is 5.36. The van der Waals surface area contributed by atoms with E-state index >= 15 is 0 Å². The lowest BCUT2D eigenvalue weighted by Gasteiger charge is -2.08. The van der Waals surface area contributed by atoms with E-state index in [1.165, 1.54) is 0 Å². The molecule has 1 saturated carbocycles. The summed E-state index contributed by atoms with van der Waals surface area (Å²) in [5.74, 6) is -1.38. The van der Waals surface area contributed by atoms with Crippen LogP contribution in [-0.4, -0.2) is 11.9 Å². The summed E-state index contributed by atoms with van der Waals surface area (Å²) in [6.45, 7) is 3.77. The van der Waals surface area contributed by atoms with E-state index in [1.807, 2.05) is 42.5 Å². The van der Waals surface area contributed by atoms with Crippen LogP contribution in [0.15, 0.2) is 49.1 Å². The average Bonchev–Trinajstić information content (AvgIpc) is 2.97. The maximum atomic E-state index is 11.8. The molecular weight excluding hydrogens is 252 g/mol. The first kappa shape index (κ1) is 12.9. The van der Waals surface area contributed by atoms with Gasteiger partial charge in [-0.1, -0.05) is 48.6 Å². The molecule has 0 bridgehead atoms. The number of rotatable bonds is 3. The van der Waals surface area contributed by atoms with Crippen LogP contribution in [0.2, 0.25) is 0 Å². The van der Waals surface area contributed by atoms with Gasteiger partial charge in [0.1, 0.15) is 0 Å². The summed E-state index contributed by atoms with van der Waals surface area (Å²) < 4.78 is 4.78. The molecule has 0 N–H and O–H groups in total. The Morgan fingerprint density at radius 3 is 2.35 bits per heavy atom. The van der Waals surface area contributed by atoms with Crippen molar-refractivity contribution in [3.63, 3.8) is 0 Å². The molecule has 2 fully saturated rings. The highest BCUT2D eigenvalue weighted by molar-refractivity contribution is 5.97. The number of fused-ring (bicyclic) bond motifs is 1. The summed E-state index contributed by atoms with van der Waals surface area (Å²) in [5.41, 5.74) is 1.09. The minimum Gasteiger partial charge on any atom is -0.393 e. The Bertz CT molecular complexity index is 573. The Hall–Kier alpha value is -2.16. The molecule has 4 atom stereocenters. The molecule has 1 aromatic carbocycles. The number of carbonyl (C=O) groups excluding carboxylic acids is 2. The fourth-order valence-electron chi connectivity index (χ4n) is 3.26. The van der Waals surface area contributed by atoms with Gasteiger partial charge < -0.3 is 4.74 Å². The molecule has 1 heterocycles. The van der Waals surface area contributed by atoms with Crippen molar-refractivity contribution in [1.29, 1.82) is 0 Å². The second kappa shape index (κ2) is 5.08. The first-order chi connectivity index (χ1) is 9.70. The smallest absolute Gasteiger partial charge is 0.318 e. The minimum atomic E-state index is -0.388. The topological polar surface area (TPSA) is 43.4 Å². The van der Waals surface area contributed by atoms with Gasteiger partial charge in [-0.2, -0.15) is 0 Å². The van der Waals surface area contributed by atoms with E-state index in [2.05, 4.69) is 6.58 Å². The van der Waals surface area contributed by atoms with E-state index in [1.54, 1.807) is 6.08 Å². The Labute approximate surface area is 117 Å². The van der Waals surface area contributed by atoms with Crippen LogP contribution >= 0.6 is 0 Å². The van der Waals surface area contributed by atoms with Crippen molar-refractivity contribution in [1.82, 2.24) is 0 Å². The van der Waals surface area contributed by atoms with Crippen LogP contribution in [0.4, 0.5) is 0 Å². The largest absolute Gasteiger partial charge is 0.393 e. The lowest BCUT2D eigenvalue weighted by atomic mass is 9.89. The van der Waals surface area contributed by atoms with Crippen LogP contribution in [0.1, 0.15) is 12.0 Å². The van der Waals surface area contributed by atoms with Crippen molar-refractivity contribution in [3.8, 4) is 0 Å². The summed E-state index contributed by atoms with van der Waals surface area (Å²) in [5, 5.41) is 0. The molecule has 3 unspecified atom stereocenters. The predicted octanol–water partition coefficient (Wildman–Crippen LogP) is 2.84. The third-order valence-electron chi connectivity index (χ3n) is 4.24. The van der Waals surface area contributed by atoms with Gasteiger partial charge in [-0.15, -0.1) is 6.58 Å². The van der Waals surface area contributed by atoms with Crippen LogP contribution < -0.4 is 0 Å². The Morgan fingerprint density at radius 1 is 1.05 bits per heavy atom. The molecule has 0 spiro atoms. The maximum absolute atomic E-state index is 11.8. The Morgan fingerprint density at radius 2 is 1.70 bits per heavy atom. The molecule has 1 aliphatic carbocycles. The quantitative estimate of drug-likeness (QED) is 0.481. The molecule has 3 heteroatoms. The van der Waals surface area contributed by atoms with Gasteiger partial charge in [0.05, 0.1) is 11.8 Å². The second-order valence-electron chi connectivity index (χ2n) is 5.36. The SMILES string of the molecule is C=CC1CC(/C=C/c2ccccc2)C2C(=O)OC(=O)[C@@H]12. The number of cyclic esters (lactones) is 2. The fraction of sp³-hybridized carbons (Fsp3) is 0.294. The number of hydrogen-bond acceptors (Lipinski definition) is 3. The van der Waals surface area contributed by atoms with Crippen LogP contribution in [0.25, 0.3) is 6.08 Å². The highest BCUT2D eigenvalue weighted by Crippen LogP contribution is 2.47. The molecule has 20 heavy (non-hydrogen) atoms. The van der Waals surface area contributed by atoms with Crippen LogP contribution in [0, 0.1) is 23.7 Å². The van der Waals surface area contributed by atoms with Crippen molar-refractivity contribution in [2.24, 2.45) is 23.7 Å². The average molecular weight is 268 g/mol. The van der Waals surface area contributed by atoms with Gasteiger partial charge in [0.2, 0.25) is 0 Å². The molecular formula is C17H16O3. The van der Waals surface area contributed by atoms with Crippen LogP contribution in [0.3, 0.4) is 0 Å². The zero-order valence-electron chi connectivity index (χ0n) is 11.1. The van der Waals surface area contributed by atoms with Gasteiger partial charge in [-0.05, 0) is 23.8 Å². The van der Waals surface area contributed by atoms with Crippen LogP contribution in [-0.2, 0) is 14.3 Å². The third-order valence-corrected chi connectivity index (χ3v) is 4.24. The van der Waals surface area contributed by atoms with Crippen molar-refractivity contribution >= 4 is 18.0 Å². The van der Waals surface area contributed by atoms with Crippen molar-refractivity contribution < 1.29 is 14.3 Å². The number of ether oxygens (including phenoxy) is 1. The van der Waals surface area contributed by atoms with E-state index in [0.717, 1.165) is 12.0 Å².